The summed E-state index contributed by atoms with van der Waals surface area (Å²) in [4.78, 5) is 18.9. The molecule has 0 aliphatic carbocycles. The molecule has 0 saturated heterocycles. The summed E-state index contributed by atoms with van der Waals surface area (Å²) in [6.07, 6.45) is 3.90. The number of hydrogen-bond acceptors (Lipinski definition) is 4. The zero-order valence-corrected chi connectivity index (χ0v) is 15.7. The average molecular weight is 374 g/mol. The van der Waals surface area contributed by atoms with E-state index >= 15 is 0 Å². The predicted octanol–water partition coefficient (Wildman–Crippen LogP) is 3.99. The lowest BCUT2D eigenvalue weighted by Gasteiger charge is -2.23. The monoisotopic (exact) mass is 374 g/mol. The molecule has 0 saturated carbocycles. The minimum absolute atomic E-state index is 0.0560. The predicted molar refractivity (Wildman–Crippen MR) is 106 cm³/mol. The molecule has 3 aromatic rings. The number of benzene rings is 2. The first-order valence-corrected chi connectivity index (χ1v) is 9.28. The van der Waals surface area contributed by atoms with Gasteiger partial charge < -0.3 is 14.4 Å². The van der Waals surface area contributed by atoms with E-state index < -0.39 is 0 Å². The van der Waals surface area contributed by atoms with Crippen molar-refractivity contribution in [2.75, 3.05) is 13.8 Å². The maximum Gasteiger partial charge on any atom is 0.231 e. The highest BCUT2D eigenvalue weighted by Gasteiger charge is 2.23. The molecule has 0 radical (unpaired) electrons. The van der Waals surface area contributed by atoms with Crippen LogP contribution < -0.4 is 9.47 Å². The Morgan fingerprint density at radius 1 is 1.04 bits per heavy atom. The molecule has 1 aliphatic rings. The van der Waals surface area contributed by atoms with Crippen LogP contribution in [0.25, 0.3) is 0 Å². The van der Waals surface area contributed by atoms with Crippen LogP contribution >= 0.6 is 0 Å². The van der Waals surface area contributed by atoms with Gasteiger partial charge in [-0.15, -0.1) is 0 Å². The molecule has 0 bridgehead atoms. The van der Waals surface area contributed by atoms with Crippen LogP contribution in [0.1, 0.15) is 29.0 Å². The number of carbonyl (C=O) groups is 1. The Bertz CT molecular complexity index is 945. The second-order valence-corrected chi connectivity index (χ2v) is 6.89. The van der Waals surface area contributed by atoms with E-state index in [0.717, 1.165) is 28.2 Å². The minimum Gasteiger partial charge on any atom is -0.454 e. The third-order valence-corrected chi connectivity index (χ3v) is 4.95. The fraction of sp³-hybridized carbons (Fsp3) is 0.217. The SMILES string of the molecule is CN(Cc1cccnc1)C(=O)C[C@H](c1ccccc1)c1ccc2c(c1)OCO2. The van der Waals surface area contributed by atoms with Gasteiger partial charge in [-0.3, -0.25) is 9.78 Å². The van der Waals surface area contributed by atoms with Crippen molar-refractivity contribution in [3.63, 3.8) is 0 Å². The molecule has 0 spiro atoms. The van der Waals surface area contributed by atoms with Crippen LogP contribution in [-0.4, -0.2) is 29.6 Å². The average Bonchev–Trinajstić information content (AvgIpc) is 3.21. The zero-order valence-electron chi connectivity index (χ0n) is 15.7. The fourth-order valence-corrected chi connectivity index (χ4v) is 3.43. The number of fused-ring (bicyclic) bond motifs is 1. The molecular weight excluding hydrogens is 352 g/mol. The van der Waals surface area contributed by atoms with Crippen molar-refractivity contribution in [3.05, 3.63) is 89.7 Å². The smallest absolute Gasteiger partial charge is 0.231 e. The van der Waals surface area contributed by atoms with Crippen molar-refractivity contribution in [1.82, 2.24) is 9.88 Å². The summed E-state index contributed by atoms with van der Waals surface area (Å²) >= 11 is 0. The van der Waals surface area contributed by atoms with E-state index in [2.05, 4.69) is 17.1 Å². The number of amides is 1. The maximum atomic E-state index is 13.0. The second kappa shape index (κ2) is 8.13. The third kappa shape index (κ3) is 3.98. The quantitative estimate of drug-likeness (QED) is 0.655. The first-order chi connectivity index (χ1) is 13.7. The highest BCUT2D eigenvalue weighted by molar-refractivity contribution is 5.77. The number of ether oxygens (including phenoxy) is 2. The van der Waals surface area contributed by atoms with E-state index in [1.54, 1.807) is 17.3 Å². The molecule has 142 valence electrons. The van der Waals surface area contributed by atoms with E-state index in [0.29, 0.717) is 13.0 Å². The van der Waals surface area contributed by atoms with Gasteiger partial charge in [0.2, 0.25) is 12.7 Å². The Morgan fingerprint density at radius 2 is 1.86 bits per heavy atom. The van der Waals surface area contributed by atoms with Crippen molar-refractivity contribution in [2.45, 2.75) is 18.9 Å². The molecule has 0 unspecified atom stereocenters. The Kier molecular flexibility index (Phi) is 5.24. The molecule has 0 N–H and O–H groups in total. The molecule has 4 rings (SSSR count). The summed E-state index contributed by atoms with van der Waals surface area (Å²) in [7, 11) is 1.83. The highest BCUT2D eigenvalue weighted by Crippen LogP contribution is 2.37. The van der Waals surface area contributed by atoms with Gasteiger partial charge in [-0.25, -0.2) is 0 Å². The van der Waals surface area contributed by atoms with Crippen LogP contribution in [0.2, 0.25) is 0 Å². The molecule has 5 nitrogen and oxygen atoms in total. The molecule has 1 atom stereocenters. The summed E-state index contributed by atoms with van der Waals surface area (Å²) in [5.41, 5.74) is 3.15. The van der Waals surface area contributed by atoms with Crippen molar-refractivity contribution >= 4 is 5.91 Å². The first kappa shape index (κ1) is 18.0. The zero-order chi connectivity index (χ0) is 19.3. The minimum atomic E-state index is -0.0560. The number of pyridine rings is 1. The lowest BCUT2D eigenvalue weighted by atomic mass is 9.88. The van der Waals surface area contributed by atoms with Crippen LogP contribution in [-0.2, 0) is 11.3 Å². The third-order valence-electron chi connectivity index (χ3n) is 4.95. The highest BCUT2D eigenvalue weighted by atomic mass is 16.7. The lowest BCUT2D eigenvalue weighted by molar-refractivity contribution is -0.130. The maximum absolute atomic E-state index is 13.0. The molecule has 2 aromatic carbocycles. The Morgan fingerprint density at radius 3 is 2.64 bits per heavy atom. The van der Waals surface area contributed by atoms with Gasteiger partial charge in [0.05, 0.1) is 0 Å². The summed E-state index contributed by atoms with van der Waals surface area (Å²) in [6.45, 7) is 0.775. The van der Waals surface area contributed by atoms with E-state index in [1.807, 2.05) is 55.6 Å². The van der Waals surface area contributed by atoms with E-state index in [-0.39, 0.29) is 18.6 Å². The van der Waals surface area contributed by atoms with E-state index in [1.165, 1.54) is 0 Å². The Balaban J connectivity index is 1.57. The van der Waals surface area contributed by atoms with Gasteiger partial charge >= 0.3 is 0 Å². The largest absolute Gasteiger partial charge is 0.454 e. The molecule has 0 fully saturated rings. The van der Waals surface area contributed by atoms with Crippen LogP contribution in [0.15, 0.2) is 73.1 Å². The topological polar surface area (TPSA) is 51.7 Å². The van der Waals surface area contributed by atoms with Crippen LogP contribution in [0.3, 0.4) is 0 Å². The van der Waals surface area contributed by atoms with Gasteiger partial charge in [-0.05, 0) is 34.9 Å². The molecule has 2 heterocycles. The van der Waals surface area contributed by atoms with Gasteiger partial charge in [0, 0.05) is 38.3 Å². The van der Waals surface area contributed by atoms with Crippen molar-refractivity contribution < 1.29 is 14.3 Å². The number of nitrogens with zero attached hydrogens (tertiary/aromatic N) is 2. The fourth-order valence-electron chi connectivity index (χ4n) is 3.43. The van der Waals surface area contributed by atoms with Gasteiger partial charge in [0.25, 0.3) is 0 Å². The molecule has 28 heavy (non-hydrogen) atoms. The number of carbonyl (C=O) groups excluding carboxylic acids is 1. The van der Waals surface area contributed by atoms with Gasteiger partial charge in [-0.2, -0.15) is 0 Å². The molecular formula is C23H22N2O3. The number of aromatic nitrogens is 1. The van der Waals surface area contributed by atoms with E-state index in [9.17, 15) is 4.79 Å². The van der Waals surface area contributed by atoms with Crippen LogP contribution in [0.5, 0.6) is 11.5 Å². The van der Waals surface area contributed by atoms with Gasteiger partial charge in [-0.1, -0.05) is 42.5 Å². The summed E-state index contributed by atoms with van der Waals surface area (Å²) in [5.74, 6) is 1.50. The normalized spacial score (nSPS) is 13.2. The molecule has 5 heteroatoms. The van der Waals surface area contributed by atoms with Crippen LogP contribution in [0.4, 0.5) is 0 Å². The standard InChI is InChI=1S/C23H22N2O3/c1-25(15-17-6-5-11-24-14-17)23(26)13-20(18-7-3-2-4-8-18)19-9-10-21-22(12-19)28-16-27-21/h2-12,14,20H,13,15-16H2,1H3/t20-/m1/s1. The number of hydrogen-bond donors (Lipinski definition) is 0. The van der Waals surface area contributed by atoms with Crippen molar-refractivity contribution in [1.29, 1.82) is 0 Å². The molecule has 1 amide bonds. The van der Waals surface area contributed by atoms with Gasteiger partial charge in [0.1, 0.15) is 0 Å². The molecule has 1 aromatic heterocycles. The second-order valence-electron chi connectivity index (χ2n) is 6.89. The Hall–Kier alpha value is -3.34. The van der Waals surface area contributed by atoms with Crippen molar-refractivity contribution in [2.24, 2.45) is 0 Å². The Labute approximate surface area is 164 Å². The van der Waals surface area contributed by atoms with Gasteiger partial charge in [0.15, 0.2) is 11.5 Å². The van der Waals surface area contributed by atoms with Crippen LogP contribution in [0, 0.1) is 0 Å². The lowest BCUT2D eigenvalue weighted by Crippen LogP contribution is -2.28. The summed E-state index contributed by atoms with van der Waals surface area (Å²) in [6, 6.07) is 19.9. The first-order valence-electron chi connectivity index (χ1n) is 9.28. The summed E-state index contributed by atoms with van der Waals surface area (Å²) in [5, 5.41) is 0. The summed E-state index contributed by atoms with van der Waals surface area (Å²) < 4.78 is 11.0. The van der Waals surface area contributed by atoms with Crippen molar-refractivity contribution in [3.8, 4) is 11.5 Å². The van der Waals surface area contributed by atoms with E-state index in [4.69, 9.17) is 9.47 Å². The molecule has 1 aliphatic heterocycles. The number of rotatable bonds is 6.